The van der Waals surface area contributed by atoms with E-state index in [0.717, 1.165) is 11.3 Å². The summed E-state index contributed by atoms with van der Waals surface area (Å²) in [4.78, 5) is 18.2. The quantitative estimate of drug-likeness (QED) is 0.924. The fraction of sp³-hybridized carbons (Fsp3) is 0.389. The first-order valence-corrected chi connectivity index (χ1v) is 8.17. The Labute approximate surface area is 145 Å². The molecule has 1 aromatic carbocycles. The Hall–Kier alpha value is -2.70. The molecular formula is C18H21FN4O2. The second kappa shape index (κ2) is 6.31. The molecule has 1 atom stereocenters. The fourth-order valence-corrected chi connectivity index (χ4v) is 2.71. The van der Waals surface area contributed by atoms with Gasteiger partial charge in [-0.25, -0.2) is 9.07 Å². The van der Waals surface area contributed by atoms with Gasteiger partial charge in [0.2, 0.25) is 5.60 Å². The smallest absolute Gasteiger partial charge is 0.272 e. The third kappa shape index (κ3) is 3.40. The van der Waals surface area contributed by atoms with Crippen LogP contribution < -0.4 is 5.32 Å². The molecule has 2 heterocycles. The van der Waals surface area contributed by atoms with Gasteiger partial charge in [-0.1, -0.05) is 17.3 Å². The molecule has 7 heteroatoms. The lowest BCUT2D eigenvalue weighted by Crippen LogP contribution is -2.40. The maximum atomic E-state index is 13.1. The van der Waals surface area contributed by atoms with E-state index in [9.17, 15) is 9.18 Å². The van der Waals surface area contributed by atoms with Gasteiger partial charge in [0.15, 0.2) is 0 Å². The molecular weight excluding hydrogens is 323 g/mol. The Balaban J connectivity index is 1.74. The maximum Gasteiger partial charge on any atom is 0.272 e. The molecule has 1 aliphatic heterocycles. The summed E-state index contributed by atoms with van der Waals surface area (Å²) in [6, 6.07) is 7.90. The lowest BCUT2D eigenvalue weighted by Gasteiger charge is -2.21. The van der Waals surface area contributed by atoms with Crippen molar-refractivity contribution >= 4 is 17.4 Å². The van der Waals surface area contributed by atoms with Crippen LogP contribution in [0.3, 0.4) is 0 Å². The van der Waals surface area contributed by atoms with E-state index in [4.69, 9.17) is 4.84 Å². The van der Waals surface area contributed by atoms with E-state index < -0.39 is 5.60 Å². The van der Waals surface area contributed by atoms with E-state index in [1.165, 1.54) is 12.1 Å². The minimum Gasteiger partial charge on any atom is -0.379 e. The van der Waals surface area contributed by atoms with Crippen LogP contribution in [-0.2, 0) is 9.63 Å². The first-order chi connectivity index (χ1) is 11.8. The number of aromatic nitrogens is 2. The highest BCUT2D eigenvalue weighted by Gasteiger charge is 2.42. The molecule has 0 fully saturated rings. The summed E-state index contributed by atoms with van der Waals surface area (Å²) in [5.41, 5.74) is 1.06. The number of hydrogen-bond acceptors (Lipinski definition) is 4. The van der Waals surface area contributed by atoms with E-state index in [-0.39, 0.29) is 17.8 Å². The lowest BCUT2D eigenvalue weighted by molar-refractivity contribution is -0.136. The molecule has 1 aromatic heterocycles. The molecule has 2 aromatic rings. The number of amides is 1. The van der Waals surface area contributed by atoms with Gasteiger partial charge in [0, 0.05) is 18.5 Å². The topological polar surface area (TPSA) is 68.5 Å². The Morgan fingerprint density at radius 1 is 1.36 bits per heavy atom. The van der Waals surface area contributed by atoms with Gasteiger partial charge in [-0.3, -0.25) is 4.79 Å². The van der Waals surface area contributed by atoms with Crippen molar-refractivity contribution in [2.45, 2.75) is 45.8 Å². The summed E-state index contributed by atoms with van der Waals surface area (Å²) >= 11 is 0. The zero-order valence-corrected chi connectivity index (χ0v) is 14.7. The van der Waals surface area contributed by atoms with Crippen molar-refractivity contribution in [2.24, 2.45) is 5.16 Å². The fourth-order valence-electron chi connectivity index (χ4n) is 2.71. The van der Waals surface area contributed by atoms with Crippen molar-refractivity contribution in [3.8, 4) is 0 Å². The Kier molecular flexibility index (Phi) is 4.32. The van der Waals surface area contributed by atoms with E-state index in [2.05, 4.69) is 15.6 Å². The van der Waals surface area contributed by atoms with E-state index in [1.807, 2.05) is 26.8 Å². The second-order valence-electron chi connectivity index (χ2n) is 6.71. The minimum absolute atomic E-state index is 0.118. The van der Waals surface area contributed by atoms with Gasteiger partial charge in [-0.05, 0) is 45.4 Å². The molecule has 1 amide bonds. The predicted molar refractivity (Wildman–Crippen MR) is 93.0 cm³/mol. The summed E-state index contributed by atoms with van der Waals surface area (Å²) < 4.78 is 14.8. The summed E-state index contributed by atoms with van der Waals surface area (Å²) in [5, 5.41) is 11.3. The summed E-state index contributed by atoms with van der Waals surface area (Å²) in [5.74, 6) is 0.00815. The molecule has 0 aliphatic carbocycles. The van der Waals surface area contributed by atoms with Gasteiger partial charge in [0.05, 0.1) is 11.4 Å². The molecule has 132 valence electrons. The molecule has 1 aliphatic rings. The van der Waals surface area contributed by atoms with Crippen molar-refractivity contribution in [2.75, 3.05) is 5.32 Å². The van der Waals surface area contributed by atoms with Crippen LogP contribution in [0, 0.1) is 12.7 Å². The molecule has 6 nitrogen and oxygen atoms in total. The standard InChI is InChI=1S/C18H21FN4O2/c1-11(2)23-16(9-12(3)21-23)20-17(24)18(4)10-15(22-25-18)13-5-7-14(19)8-6-13/h5-9,11H,10H2,1-4H3,(H,20,24). The summed E-state index contributed by atoms with van der Waals surface area (Å²) in [7, 11) is 0. The van der Waals surface area contributed by atoms with E-state index in [0.29, 0.717) is 18.0 Å². The molecule has 0 bridgehead atoms. The maximum absolute atomic E-state index is 13.1. The summed E-state index contributed by atoms with van der Waals surface area (Å²) in [6.07, 6.45) is 0.305. The summed E-state index contributed by atoms with van der Waals surface area (Å²) in [6.45, 7) is 7.54. The van der Waals surface area contributed by atoms with E-state index in [1.54, 1.807) is 23.7 Å². The van der Waals surface area contributed by atoms with E-state index >= 15 is 0 Å². The SMILES string of the molecule is Cc1cc(NC(=O)C2(C)CC(c3ccc(F)cc3)=NO2)n(C(C)C)n1. The van der Waals surface area contributed by atoms with Gasteiger partial charge in [-0.15, -0.1) is 0 Å². The number of oxime groups is 1. The highest BCUT2D eigenvalue weighted by molar-refractivity contribution is 6.07. The van der Waals surface area contributed by atoms with Crippen LogP contribution in [0.4, 0.5) is 10.2 Å². The zero-order valence-electron chi connectivity index (χ0n) is 14.7. The number of benzene rings is 1. The van der Waals surface area contributed by atoms with Crippen molar-refractivity contribution < 1.29 is 14.0 Å². The van der Waals surface area contributed by atoms with Gasteiger partial charge < -0.3 is 10.2 Å². The zero-order chi connectivity index (χ0) is 18.2. The molecule has 1 N–H and O–H groups in total. The predicted octanol–water partition coefficient (Wildman–Crippen LogP) is 3.43. The number of aryl methyl sites for hydroxylation is 1. The highest BCUT2D eigenvalue weighted by atomic mass is 19.1. The third-order valence-corrected chi connectivity index (χ3v) is 4.11. The molecule has 0 saturated heterocycles. The van der Waals surface area contributed by atoms with Crippen LogP contribution in [0.5, 0.6) is 0 Å². The first-order valence-electron chi connectivity index (χ1n) is 8.17. The number of halogens is 1. The number of carbonyl (C=O) groups is 1. The first kappa shape index (κ1) is 17.1. The average molecular weight is 344 g/mol. The normalized spacial score (nSPS) is 19.7. The van der Waals surface area contributed by atoms with Crippen LogP contribution in [0.1, 0.15) is 44.5 Å². The van der Waals surface area contributed by atoms with Crippen LogP contribution >= 0.6 is 0 Å². The van der Waals surface area contributed by atoms with Crippen LogP contribution in [0.25, 0.3) is 0 Å². The molecule has 1 unspecified atom stereocenters. The molecule has 3 rings (SSSR count). The number of rotatable bonds is 4. The number of nitrogens with zero attached hydrogens (tertiary/aromatic N) is 3. The van der Waals surface area contributed by atoms with Crippen LogP contribution in [-0.4, -0.2) is 27.0 Å². The minimum atomic E-state index is -1.12. The van der Waals surface area contributed by atoms with Crippen LogP contribution in [0.2, 0.25) is 0 Å². The Morgan fingerprint density at radius 3 is 2.68 bits per heavy atom. The lowest BCUT2D eigenvalue weighted by atomic mass is 9.95. The number of carbonyl (C=O) groups excluding carboxylic acids is 1. The number of anilines is 1. The molecule has 25 heavy (non-hydrogen) atoms. The second-order valence-corrected chi connectivity index (χ2v) is 6.71. The van der Waals surface area contributed by atoms with Crippen molar-refractivity contribution in [1.82, 2.24) is 9.78 Å². The van der Waals surface area contributed by atoms with Crippen molar-refractivity contribution in [1.29, 1.82) is 0 Å². The van der Waals surface area contributed by atoms with Crippen LogP contribution in [0.15, 0.2) is 35.5 Å². The van der Waals surface area contributed by atoms with Gasteiger partial charge in [0.25, 0.3) is 5.91 Å². The number of hydrogen-bond donors (Lipinski definition) is 1. The Bertz CT molecular complexity index is 826. The van der Waals surface area contributed by atoms with Gasteiger partial charge >= 0.3 is 0 Å². The Morgan fingerprint density at radius 2 is 2.04 bits per heavy atom. The van der Waals surface area contributed by atoms with Gasteiger partial charge in [0.1, 0.15) is 11.6 Å². The average Bonchev–Trinajstić information content (AvgIpc) is 3.12. The van der Waals surface area contributed by atoms with Gasteiger partial charge in [-0.2, -0.15) is 5.10 Å². The third-order valence-electron chi connectivity index (χ3n) is 4.11. The monoisotopic (exact) mass is 344 g/mol. The number of nitrogens with one attached hydrogen (secondary N) is 1. The van der Waals surface area contributed by atoms with Crippen molar-refractivity contribution in [3.05, 3.63) is 47.4 Å². The molecule has 0 radical (unpaired) electrons. The largest absolute Gasteiger partial charge is 0.379 e. The molecule has 0 spiro atoms. The van der Waals surface area contributed by atoms with Crippen molar-refractivity contribution in [3.63, 3.8) is 0 Å². The molecule has 0 saturated carbocycles. The highest BCUT2D eigenvalue weighted by Crippen LogP contribution is 2.28.